The first-order valence-corrected chi connectivity index (χ1v) is 14.6. The molecule has 38 heavy (non-hydrogen) atoms. The van der Waals surface area contributed by atoms with E-state index in [1.807, 2.05) is 38.1 Å². The quantitative estimate of drug-likeness (QED) is 0.197. The van der Waals surface area contributed by atoms with E-state index in [1.54, 1.807) is 0 Å². The Hall–Kier alpha value is -2.02. The van der Waals surface area contributed by atoms with Crippen molar-refractivity contribution in [1.29, 1.82) is 0 Å². The molecule has 1 aliphatic heterocycles. The Morgan fingerprint density at radius 2 is 1.95 bits per heavy atom. The molecule has 5 nitrogen and oxygen atoms in total. The van der Waals surface area contributed by atoms with Crippen molar-refractivity contribution < 1.29 is 28.5 Å². The molecule has 1 N–H and O–H groups in total. The van der Waals surface area contributed by atoms with Gasteiger partial charge in [0.2, 0.25) is 0 Å². The average molecular weight is 529 g/mol. The van der Waals surface area contributed by atoms with E-state index >= 15 is 4.39 Å². The third-order valence-corrected chi connectivity index (χ3v) is 8.10. The lowest BCUT2D eigenvalue weighted by atomic mass is 9.88. The summed E-state index contributed by atoms with van der Waals surface area (Å²) in [6, 6.07) is 8.35. The maximum absolute atomic E-state index is 15.4. The van der Waals surface area contributed by atoms with E-state index in [2.05, 4.69) is 24.3 Å². The van der Waals surface area contributed by atoms with Crippen molar-refractivity contribution in [3.05, 3.63) is 59.7 Å². The van der Waals surface area contributed by atoms with Gasteiger partial charge in [-0.05, 0) is 88.2 Å². The van der Waals surface area contributed by atoms with Crippen molar-refractivity contribution in [3.63, 3.8) is 0 Å². The van der Waals surface area contributed by atoms with Gasteiger partial charge in [0.15, 0.2) is 6.29 Å². The summed E-state index contributed by atoms with van der Waals surface area (Å²) in [7, 11) is 0. The molecule has 1 saturated heterocycles. The summed E-state index contributed by atoms with van der Waals surface area (Å²) in [5.41, 5.74) is 2.60. The molecule has 1 unspecified atom stereocenters. The number of unbranched alkanes of at least 4 members (excludes halogenated alkanes) is 1. The molecular weight excluding hydrogens is 483 g/mol. The summed E-state index contributed by atoms with van der Waals surface area (Å²) in [5.74, 6) is -0.374. The predicted octanol–water partition coefficient (Wildman–Crippen LogP) is 6.27. The van der Waals surface area contributed by atoms with Crippen LogP contribution in [-0.4, -0.2) is 48.5 Å². The Bertz CT molecular complexity index is 913. The van der Waals surface area contributed by atoms with Crippen LogP contribution in [0, 0.1) is 17.8 Å². The average Bonchev–Trinajstić information content (AvgIpc) is 3.45. The third-order valence-electron chi connectivity index (χ3n) is 8.10. The maximum Gasteiger partial charge on any atom is 0.306 e. The Morgan fingerprint density at radius 1 is 1.18 bits per heavy atom. The van der Waals surface area contributed by atoms with E-state index in [0.717, 1.165) is 44.9 Å². The smallest absolute Gasteiger partial charge is 0.306 e. The number of fused-ring (bicyclic) bond motifs is 1. The number of benzene rings is 1. The van der Waals surface area contributed by atoms with E-state index in [1.165, 1.54) is 11.1 Å². The number of halogens is 1. The van der Waals surface area contributed by atoms with Gasteiger partial charge in [0.05, 0.1) is 18.3 Å². The number of hydrogen-bond donors (Lipinski definition) is 1. The van der Waals surface area contributed by atoms with Crippen molar-refractivity contribution in [2.45, 2.75) is 109 Å². The van der Waals surface area contributed by atoms with Crippen LogP contribution in [-0.2, 0) is 31.8 Å². The zero-order chi connectivity index (χ0) is 26.9. The largest absolute Gasteiger partial charge is 0.463 e. The van der Waals surface area contributed by atoms with Crippen LogP contribution in [0.3, 0.4) is 0 Å². The molecule has 2 fully saturated rings. The number of esters is 1. The van der Waals surface area contributed by atoms with Gasteiger partial charge >= 0.3 is 5.97 Å². The van der Waals surface area contributed by atoms with Gasteiger partial charge in [-0.2, -0.15) is 0 Å². The number of carbonyl (C=O) groups excluding carboxylic acids is 1. The van der Waals surface area contributed by atoms with Crippen LogP contribution in [0.25, 0.3) is 0 Å². The second kappa shape index (κ2) is 14.4. The van der Waals surface area contributed by atoms with E-state index in [0.29, 0.717) is 25.9 Å². The molecule has 210 valence electrons. The summed E-state index contributed by atoms with van der Waals surface area (Å²) in [5, 5.41) is 10.9. The van der Waals surface area contributed by atoms with Crippen molar-refractivity contribution in [2.75, 3.05) is 6.61 Å². The minimum absolute atomic E-state index is 0.0260. The van der Waals surface area contributed by atoms with Gasteiger partial charge in [-0.3, -0.25) is 4.79 Å². The van der Waals surface area contributed by atoms with Gasteiger partial charge < -0.3 is 19.3 Å². The lowest BCUT2D eigenvalue weighted by Gasteiger charge is -2.29. The van der Waals surface area contributed by atoms with Crippen LogP contribution in [0.1, 0.15) is 76.3 Å². The van der Waals surface area contributed by atoms with E-state index < -0.39 is 12.3 Å². The maximum atomic E-state index is 15.4. The highest BCUT2D eigenvalue weighted by atomic mass is 19.1. The standard InChI is InChI=1S/C32H45FO5/c1-22(2)37-31(35)14-6-4-3-5-13-27-26(28(33)21-30(27)38-32-15-9-10-18-36-32)16-17-29(34)25-19-23-11-7-8-12-24(23)20-25/h3,5,7-8,11-12,16-17,22,25-30,32,34H,4,6,9-10,13-15,18-21H2,1-2H3/t26-,27+,28-,29-,30+,32?/m0/s1. The van der Waals surface area contributed by atoms with E-state index in [9.17, 15) is 9.90 Å². The molecule has 0 amide bonds. The molecule has 0 aromatic heterocycles. The zero-order valence-corrected chi connectivity index (χ0v) is 23.0. The number of aliphatic hydroxyl groups is 1. The fourth-order valence-electron chi connectivity index (χ4n) is 6.10. The Morgan fingerprint density at radius 3 is 2.63 bits per heavy atom. The minimum Gasteiger partial charge on any atom is -0.463 e. The summed E-state index contributed by atoms with van der Waals surface area (Å²) in [4.78, 5) is 11.7. The van der Waals surface area contributed by atoms with E-state index in [-0.39, 0.29) is 42.2 Å². The van der Waals surface area contributed by atoms with Crippen LogP contribution in [0.2, 0.25) is 0 Å². The number of allylic oxidation sites excluding steroid dienone is 3. The molecular formula is C32H45FO5. The molecule has 3 aliphatic rings. The monoisotopic (exact) mass is 528 g/mol. The highest BCUT2D eigenvalue weighted by Gasteiger charge is 2.43. The SMILES string of the molecule is CC(C)OC(=O)CCCC=CC[C@@H]1[C@H](C=C[C@H](O)C2Cc3ccccc3C2)[C@@H](F)C[C@H]1OC1CCCCO1. The Kier molecular flexibility index (Phi) is 11.0. The van der Waals surface area contributed by atoms with Crippen LogP contribution in [0.5, 0.6) is 0 Å². The van der Waals surface area contributed by atoms with Gasteiger partial charge in [-0.1, -0.05) is 48.6 Å². The Balaban J connectivity index is 1.35. The number of aliphatic hydroxyl groups excluding tert-OH is 1. The molecule has 6 atom stereocenters. The first-order chi connectivity index (χ1) is 18.4. The normalized spacial score (nSPS) is 28.9. The van der Waals surface area contributed by atoms with Crippen molar-refractivity contribution >= 4 is 5.97 Å². The van der Waals surface area contributed by atoms with Crippen LogP contribution in [0.15, 0.2) is 48.6 Å². The minimum atomic E-state index is -1.02. The topological polar surface area (TPSA) is 65.0 Å². The number of hydrogen-bond acceptors (Lipinski definition) is 5. The predicted molar refractivity (Wildman–Crippen MR) is 146 cm³/mol. The van der Waals surface area contributed by atoms with Crippen LogP contribution < -0.4 is 0 Å². The Labute approximate surface area is 227 Å². The molecule has 1 heterocycles. The molecule has 1 aromatic rings. The van der Waals surface area contributed by atoms with Gasteiger partial charge in [0.25, 0.3) is 0 Å². The highest BCUT2D eigenvalue weighted by molar-refractivity contribution is 5.69. The lowest BCUT2D eigenvalue weighted by Crippen LogP contribution is -2.31. The fraction of sp³-hybridized carbons (Fsp3) is 0.656. The van der Waals surface area contributed by atoms with Crippen molar-refractivity contribution in [2.24, 2.45) is 17.8 Å². The number of ether oxygens (including phenoxy) is 3. The van der Waals surface area contributed by atoms with E-state index in [4.69, 9.17) is 14.2 Å². The number of carbonyl (C=O) groups is 1. The summed E-state index contributed by atoms with van der Waals surface area (Å²) >= 11 is 0. The molecule has 0 radical (unpaired) electrons. The van der Waals surface area contributed by atoms with Crippen molar-refractivity contribution in [1.82, 2.24) is 0 Å². The molecule has 6 heteroatoms. The van der Waals surface area contributed by atoms with Gasteiger partial charge in [0, 0.05) is 25.4 Å². The van der Waals surface area contributed by atoms with Gasteiger partial charge in [0.1, 0.15) is 6.17 Å². The molecule has 1 aromatic carbocycles. The highest BCUT2D eigenvalue weighted by Crippen LogP contribution is 2.41. The second-order valence-corrected chi connectivity index (χ2v) is 11.4. The molecule has 0 bridgehead atoms. The first-order valence-electron chi connectivity index (χ1n) is 14.6. The third kappa shape index (κ3) is 8.24. The lowest BCUT2D eigenvalue weighted by molar-refractivity contribution is -0.195. The molecule has 2 aliphatic carbocycles. The van der Waals surface area contributed by atoms with Crippen LogP contribution >= 0.6 is 0 Å². The second-order valence-electron chi connectivity index (χ2n) is 11.4. The summed E-state index contributed by atoms with van der Waals surface area (Å²) in [6.07, 6.45) is 13.3. The van der Waals surface area contributed by atoms with Gasteiger partial charge in [-0.25, -0.2) is 4.39 Å². The molecule has 1 saturated carbocycles. The summed E-state index contributed by atoms with van der Waals surface area (Å²) in [6.45, 7) is 4.40. The molecule has 4 rings (SSSR count). The fourth-order valence-corrected chi connectivity index (χ4v) is 6.10. The molecule has 0 spiro atoms. The summed E-state index contributed by atoms with van der Waals surface area (Å²) < 4.78 is 32.7. The van der Waals surface area contributed by atoms with Crippen molar-refractivity contribution in [3.8, 4) is 0 Å². The first kappa shape index (κ1) is 29.0. The van der Waals surface area contributed by atoms with Gasteiger partial charge in [-0.15, -0.1) is 0 Å². The van der Waals surface area contributed by atoms with Crippen LogP contribution in [0.4, 0.5) is 4.39 Å². The number of rotatable bonds is 12. The number of alkyl halides is 1. The zero-order valence-electron chi connectivity index (χ0n) is 23.0.